The molecule has 0 bridgehead atoms. The molecule has 0 amide bonds. The molecule has 0 saturated heterocycles. The minimum Gasteiger partial charge on any atom is -0.324 e. The highest BCUT2D eigenvalue weighted by molar-refractivity contribution is 9.10. The lowest BCUT2D eigenvalue weighted by molar-refractivity contribution is 0.702. The van der Waals surface area contributed by atoms with Crippen molar-refractivity contribution in [2.24, 2.45) is 5.73 Å². The maximum Gasteiger partial charge on any atom is 0.0454 e. The summed E-state index contributed by atoms with van der Waals surface area (Å²) >= 11 is 9.61. The van der Waals surface area contributed by atoms with Crippen molar-refractivity contribution in [1.29, 1.82) is 0 Å². The van der Waals surface area contributed by atoms with Crippen LogP contribution >= 0.6 is 27.5 Å². The van der Waals surface area contributed by atoms with E-state index in [1.807, 2.05) is 37.3 Å². The fourth-order valence-electron chi connectivity index (χ4n) is 1.85. The van der Waals surface area contributed by atoms with Crippen LogP contribution in [0.5, 0.6) is 0 Å². The van der Waals surface area contributed by atoms with Crippen LogP contribution in [0.4, 0.5) is 0 Å². The molecule has 0 saturated carbocycles. The normalized spacial score (nSPS) is 12.4. The van der Waals surface area contributed by atoms with Gasteiger partial charge in [0, 0.05) is 33.8 Å². The van der Waals surface area contributed by atoms with E-state index in [2.05, 4.69) is 20.9 Å². The zero-order valence-corrected chi connectivity index (χ0v) is 12.4. The van der Waals surface area contributed by atoms with E-state index in [9.17, 15) is 0 Å². The summed E-state index contributed by atoms with van der Waals surface area (Å²) in [5, 5.41) is 0.694. The Balaban J connectivity index is 2.25. The highest BCUT2D eigenvalue weighted by Crippen LogP contribution is 2.27. The summed E-state index contributed by atoms with van der Waals surface area (Å²) in [5.41, 5.74) is 9.33. The molecular formula is C14H14BrClN2. The van der Waals surface area contributed by atoms with E-state index in [4.69, 9.17) is 17.3 Å². The first kappa shape index (κ1) is 13.5. The molecule has 0 aliphatic carbocycles. The number of nitrogens with zero attached hydrogens (tertiary/aromatic N) is 1. The molecule has 1 unspecified atom stereocenters. The number of aromatic nitrogens is 1. The van der Waals surface area contributed by atoms with Gasteiger partial charge < -0.3 is 5.73 Å². The summed E-state index contributed by atoms with van der Waals surface area (Å²) in [5.74, 6) is 0. The van der Waals surface area contributed by atoms with Gasteiger partial charge in [-0.25, -0.2) is 0 Å². The van der Waals surface area contributed by atoms with Gasteiger partial charge in [-0.1, -0.05) is 33.6 Å². The smallest absolute Gasteiger partial charge is 0.0454 e. The number of hydrogen-bond acceptors (Lipinski definition) is 2. The topological polar surface area (TPSA) is 38.9 Å². The van der Waals surface area contributed by atoms with Crippen LogP contribution in [-0.2, 0) is 6.42 Å². The largest absolute Gasteiger partial charge is 0.324 e. The number of nitrogens with two attached hydrogens (primary N) is 1. The van der Waals surface area contributed by atoms with Gasteiger partial charge in [-0.3, -0.25) is 4.98 Å². The predicted octanol–water partition coefficient (Wildman–Crippen LogP) is 4.05. The van der Waals surface area contributed by atoms with E-state index in [1.165, 1.54) is 0 Å². The minimum absolute atomic E-state index is 0.149. The van der Waals surface area contributed by atoms with Crippen molar-refractivity contribution in [1.82, 2.24) is 4.98 Å². The first-order chi connectivity index (χ1) is 8.58. The third kappa shape index (κ3) is 3.10. The van der Waals surface area contributed by atoms with E-state index in [-0.39, 0.29) is 6.04 Å². The highest BCUT2D eigenvalue weighted by atomic mass is 79.9. The lowest BCUT2D eigenvalue weighted by Crippen LogP contribution is -2.15. The first-order valence-corrected chi connectivity index (χ1v) is 6.86. The van der Waals surface area contributed by atoms with E-state index in [0.717, 1.165) is 21.3 Å². The number of rotatable bonds is 3. The van der Waals surface area contributed by atoms with Gasteiger partial charge in [0.15, 0.2) is 0 Å². The molecule has 4 heteroatoms. The van der Waals surface area contributed by atoms with Gasteiger partial charge >= 0.3 is 0 Å². The molecule has 0 radical (unpaired) electrons. The fraction of sp³-hybridized carbons (Fsp3) is 0.214. The second-order valence-corrected chi connectivity index (χ2v) is 5.57. The summed E-state index contributed by atoms with van der Waals surface area (Å²) in [7, 11) is 0. The maximum absolute atomic E-state index is 6.22. The molecule has 2 N–H and O–H groups in total. The zero-order chi connectivity index (χ0) is 13.1. The third-order valence-electron chi connectivity index (χ3n) is 2.89. The highest BCUT2D eigenvalue weighted by Gasteiger charge is 2.13. The summed E-state index contributed by atoms with van der Waals surface area (Å²) in [6.45, 7) is 2.04. The van der Waals surface area contributed by atoms with Gasteiger partial charge in [-0.05, 0) is 42.3 Å². The molecule has 2 aromatic rings. The Morgan fingerprint density at radius 2 is 2.17 bits per heavy atom. The molecule has 1 aromatic carbocycles. The molecule has 94 valence electrons. The van der Waals surface area contributed by atoms with Crippen LogP contribution < -0.4 is 5.73 Å². The summed E-state index contributed by atoms with van der Waals surface area (Å²) < 4.78 is 0.982. The third-order valence-corrected chi connectivity index (χ3v) is 3.73. The quantitative estimate of drug-likeness (QED) is 0.924. The van der Waals surface area contributed by atoms with E-state index < -0.39 is 0 Å². The molecule has 1 heterocycles. The summed E-state index contributed by atoms with van der Waals surface area (Å²) in [6, 6.07) is 9.54. The molecule has 2 rings (SSSR count). The van der Waals surface area contributed by atoms with Gasteiger partial charge in [-0.2, -0.15) is 0 Å². The number of aryl methyl sites for hydroxylation is 1. The van der Waals surface area contributed by atoms with Gasteiger partial charge in [0.2, 0.25) is 0 Å². The SMILES string of the molecule is Cc1cccnc1CC(N)c1cc(Br)ccc1Cl. The van der Waals surface area contributed by atoms with Gasteiger partial charge in [0.25, 0.3) is 0 Å². The van der Waals surface area contributed by atoms with Gasteiger partial charge in [-0.15, -0.1) is 0 Å². The predicted molar refractivity (Wildman–Crippen MR) is 78.8 cm³/mol. The number of halogens is 2. The lowest BCUT2D eigenvalue weighted by atomic mass is 10.0. The average Bonchev–Trinajstić information content (AvgIpc) is 2.35. The van der Waals surface area contributed by atoms with Crippen molar-refractivity contribution in [3.63, 3.8) is 0 Å². The van der Waals surface area contributed by atoms with Gasteiger partial charge in [0.1, 0.15) is 0 Å². The maximum atomic E-state index is 6.22. The van der Waals surface area contributed by atoms with E-state index in [0.29, 0.717) is 11.4 Å². The van der Waals surface area contributed by atoms with Crippen LogP contribution in [0, 0.1) is 6.92 Å². The van der Waals surface area contributed by atoms with Crippen molar-refractivity contribution >= 4 is 27.5 Å². The molecule has 0 fully saturated rings. The molecular weight excluding hydrogens is 312 g/mol. The summed E-state index contributed by atoms with van der Waals surface area (Å²) in [6.07, 6.45) is 2.47. The van der Waals surface area contributed by atoms with Gasteiger partial charge in [0.05, 0.1) is 0 Å². The average molecular weight is 326 g/mol. The number of benzene rings is 1. The standard InChI is InChI=1S/C14H14BrClN2/c1-9-3-2-6-18-14(9)8-13(17)11-7-10(15)4-5-12(11)16/h2-7,13H,8,17H2,1H3. The van der Waals surface area contributed by atoms with Crippen molar-refractivity contribution < 1.29 is 0 Å². The molecule has 0 aliphatic heterocycles. The Morgan fingerprint density at radius 3 is 2.89 bits per heavy atom. The van der Waals surface area contributed by atoms with Crippen molar-refractivity contribution in [3.05, 3.63) is 62.8 Å². The lowest BCUT2D eigenvalue weighted by Gasteiger charge is -2.15. The second-order valence-electron chi connectivity index (χ2n) is 4.24. The van der Waals surface area contributed by atoms with Crippen LogP contribution in [0.1, 0.15) is 22.9 Å². The Bertz CT molecular complexity index is 557. The molecule has 1 atom stereocenters. The van der Waals surface area contributed by atoms with Crippen molar-refractivity contribution in [2.45, 2.75) is 19.4 Å². The molecule has 0 spiro atoms. The molecule has 2 nitrogen and oxygen atoms in total. The Labute approximate surface area is 120 Å². The molecule has 0 aliphatic rings. The van der Waals surface area contributed by atoms with Crippen molar-refractivity contribution in [3.8, 4) is 0 Å². The van der Waals surface area contributed by atoms with Crippen LogP contribution in [0.2, 0.25) is 5.02 Å². The Hall–Kier alpha value is -0.900. The Morgan fingerprint density at radius 1 is 1.39 bits per heavy atom. The van der Waals surface area contributed by atoms with E-state index in [1.54, 1.807) is 6.20 Å². The minimum atomic E-state index is -0.149. The molecule has 1 aromatic heterocycles. The number of hydrogen-bond donors (Lipinski definition) is 1. The van der Waals surface area contributed by atoms with Crippen molar-refractivity contribution in [2.75, 3.05) is 0 Å². The van der Waals surface area contributed by atoms with Crippen LogP contribution in [-0.4, -0.2) is 4.98 Å². The first-order valence-electron chi connectivity index (χ1n) is 5.69. The summed E-state index contributed by atoms with van der Waals surface area (Å²) in [4.78, 5) is 4.36. The second kappa shape index (κ2) is 5.83. The fourth-order valence-corrected chi connectivity index (χ4v) is 2.49. The zero-order valence-electron chi connectivity index (χ0n) is 10.0. The van der Waals surface area contributed by atoms with Crippen LogP contribution in [0.25, 0.3) is 0 Å². The van der Waals surface area contributed by atoms with E-state index >= 15 is 0 Å². The molecule has 18 heavy (non-hydrogen) atoms. The number of pyridine rings is 1. The van der Waals surface area contributed by atoms with Crippen LogP contribution in [0.15, 0.2) is 41.0 Å². The monoisotopic (exact) mass is 324 g/mol. The Kier molecular flexibility index (Phi) is 4.38. The van der Waals surface area contributed by atoms with Crippen LogP contribution in [0.3, 0.4) is 0 Å².